The molecule has 13 nitrogen and oxygen atoms in total. The lowest BCUT2D eigenvalue weighted by molar-refractivity contribution is 0.0526. The van der Waals surface area contributed by atoms with E-state index < -0.39 is 21.8 Å². The fourth-order valence-corrected chi connectivity index (χ4v) is 3.14. The van der Waals surface area contributed by atoms with E-state index in [1.54, 1.807) is 31.6 Å². The number of aryl methyl sites for hydroxylation is 1. The Morgan fingerprint density at radius 2 is 2.06 bits per heavy atom. The van der Waals surface area contributed by atoms with Crippen molar-refractivity contribution < 1.29 is 22.5 Å². The zero-order valence-electron chi connectivity index (χ0n) is 18.3. The molecule has 0 fully saturated rings. The molecule has 0 bridgehead atoms. The van der Waals surface area contributed by atoms with E-state index in [1.807, 2.05) is 4.90 Å². The van der Waals surface area contributed by atoms with Crippen LogP contribution in [0.1, 0.15) is 45.7 Å². The van der Waals surface area contributed by atoms with Crippen LogP contribution in [-0.2, 0) is 27.9 Å². The fraction of sp³-hybridized carbons (Fsp3) is 0.824. The Kier molecular flexibility index (Phi) is 11.3. The van der Waals surface area contributed by atoms with Crippen LogP contribution in [0.3, 0.4) is 0 Å². The molecule has 0 saturated carbocycles. The van der Waals surface area contributed by atoms with E-state index in [9.17, 15) is 13.2 Å². The average Bonchev–Trinajstić information content (AvgIpc) is 3.07. The Morgan fingerprint density at radius 3 is 2.71 bits per heavy atom. The zero-order valence-corrected chi connectivity index (χ0v) is 19.1. The average molecular weight is 461 g/mol. The third-order valence-electron chi connectivity index (χ3n) is 3.88. The Bertz CT molecular complexity index is 830. The molecule has 1 aromatic rings. The van der Waals surface area contributed by atoms with Gasteiger partial charge in [-0.05, 0) is 58.7 Å². The van der Waals surface area contributed by atoms with Crippen LogP contribution < -0.4 is 5.32 Å². The van der Waals surface area contributed by atoms with Gasteiger partial charge in [0.05, 0.1) is 11.4 Å². The van der Waals surface area contributed by atoms with Gasteiger partial charge in [0.1, 0.15) is 5.60 Å². The molecule has 0 aromatic carbocycles. The highest BCUT2D eigenvalue weighted by Gasteiger charge is 2.15. The first-order valence-corrected chi connectivity index (χ1v) is 11.6. The predicted octanol–water partition coefficient (Wildman–Crippen LogP) is 1.97. The van der Waals surface area contributed by atoms with E-state index in [2.05, 4.69) is 25.7 Å². The van der Waals surface area contributed by atoms with Crippen LogP contribution in [0.25, 0.3) is 10.4 Å². The zero-order chi connectivity index (χ0) is 23.3. The van der Waals surface area contributed by atoms with Gasteiger partial charge in [-0.15, -0.1) is 5.10 Å². The smallest absolute Gasteiger partial charge is 0.407 e. The summed E-state index contributed by atoms with van der Waals surface area (Å²) in [6.45, 7) is 8.18. The predicted molar refractivity (Wildman–Crippen MR) is 114 cm³/mol. The number of ether oxygens (including phenoxy) is 1. The summed E-state index contributed by atoms with van der Waals surface area (Å²) in [5, 5.41) is 14.4. The molecule has 0 aliphatic rings. The van der Waals surface area contributed by atoms with E-state index in [-0.39, 0.29) is 12.2 Å². The molecule has 0 aliphatic carbocycles. The van der Waals surface area contributed by atoms with Crippen molar-refractivity contribution in [3.63, 3.8) is 0 Å². The first kappa shape index (κ1) is 26.6. The van der Waals surface area contributed by atoms with E-state index >= 15 is 0 Å². The van der Waals surface area contributed by atoms with Gasteiger partial charge in [0, 0.05) is 37.3 Å². The van der Waals surface area contributed by atoms with Crippen LogP contribution in [0.2, 0.25) is 0 Å². The topological polar surface area (TPSA) is 175 Å². The van der Waals surface area contributed by atoms with Crippen LogP contribution in [0, 0.1) is 0 Å². The monoisotopic (exact) mass is 460 g/mol. The summed E-state index contributed by atoms with van der Waals surface area (Å²) in [6.07, 6.45) is 2.85. The number of azide groups is 1. The number of alkyl carbamates (subject to hydrolysis) is 1. The number of hydrogen-bond donors (Lipinski definition) is 2. The lowest BCUT2D eigenvalue weighted by Crippen LogP contribution is -2.33. The highest BCUT2D eigenvalue weighted by Crippen LogP contribution is 2.07. The molecule has 1 rings (SSSR count). The quantitative estimate of drug-likeness (QED) is 0.139. The number of carbonyl (C=O) groups excluding carboxylic acids is 1. The Hall–Kier alpha value is -2.41. The van der Waals surface area contributed by atoms with E-state index in [0.29, 0.717) is 57.8 Å². The maximum atomic E-state index is 11.6. The van der Waals surface area contributed by atoms with Crippen molar-refractivity contribution in [3.8, 4) is 0 Å². The summed E-state index contributed by atoms with van der Waals surface area (Å²) in [7, 11) is -4.01. The van der Waals surface area contributed by atoms with Crippen LogP contribution >= 0.6 is 0 Å². The standard InChI is InChI=1S/C17H32N8O5S/c1-17(2,3)30-16(26)19-7-4-11-25-14-15(21-23-25)13-24(9-5-8-20-22-18)10-6-12-31(27,28)29/h14H,4-13H2,1-3H3,(H,19,26)(H,27,28,29). The molecular formula is C17H32N8O5S. The van der Waals surface area contributed by atoms with E-state index in [4.69, 9.17) is 14.8 Å². The van der Waals surface area contributed by atoms with Crippen molar-refractivity contribution in [1.29, 1.82) is 0 Å². The van der Waals surface area contributed by atoms with Crippen molar-refractivity contribution in [2.75, 3.05) is 31.9 Å². The van der Waals surface area contributed by atoms with Gasteiger partial charge in [-0.3, -0.25) is 14.1 Å². The van der Waals surface area contributed by atoms with Crippen molar-refractivity contribution in [2.24, 2.45) is 5.11 Å². The number of carbonyl (C=O) groups is 1. The van der Waals surface area contributed by atoms with Gasteiger partial charge in [-0.1, -0.05) is 10.3 Å². The van der Waals surface area contributed by atoms with Crippen LogP contribution in [0.15, 0.2) is 11.3 Å². The third kappa shape index (κ3) is 14.3. The third-order valence-corrected chi connectivity index (χ3v) is 4.68. The molecule has 0 spiro atoms. The lowest BCUT2D eigenvalue weighted by Gasteiger charge is -2.20. The molecular weight excluding hydrogens is 428 g/mol. The summed E-state index contributed by atoms with van der Waals surface area (Å²) in [4.78, 5) is 16.3. The van der Waals surface area contributed by atoms with Crippen molar-refractivity contribution in [3.05, 3.63) is 22.3 Å². The van der Waals surface area contributed by atoms with Gasteiger partial charge >= 0.3 is 6.09 Å². The maximum Gasteiger partial charge on any atom is 0.407 e. The van der Waals surface area contributed by atoms with E-state index in [1.165, 1.54) is 0 Å². The largest absolute Gasteiger partial charge is 0.444 e. The summed E-state index contributed by atoms with van der Waals surface area (Å²) in [6, 6.07) is 0. The number of nitrogens with one attached hydrogen (secondary N) is 1. The summed E-state index contributed by atoms with van der Waals surface area (Å²) < 4.78 is 37.6. The Balaban J connectivity index is 2.47. The first-order chi connectivity index (χ1) is 14.5. The van der Waals surface area contributed by atoms with Gasteiger partial charge in [0.15, 0.2) is 0 Å². The second-order valence-corrected chi connectivity index (χ2v) is 9.55. The number of rotatable bonds is 14. The molecule has 2 N–H and O–H groups in total. The molecule has 0 aliphatic heterocycles. The summed E-state index contributed by atoms with van der Waals surface area (Å²) in [5.41, 5.74) is 8.53. The molecule has 0 unspecified atom stereocenters. The molecule has 176 valence electrons. The molecule has 1 heterocycles. The van der Waals surface area contributed by atoms with Crippen LogP contribution in [-0.4, -0.2) is 76.5 Å². The van der Waals surface area contributed by atoms with Gasteiger partial charge < -0.3 is 10.1 Å². The minimum atomic E-state index is -4.01. The molecule has 31 heavy (non-hydrogen) atoms. The molecule has 1 aromatic heterocycles. The fourth-order valence-electron chi connectivity index (χ4n) is 2.65. The minimum Gasteiger partial charge on any atom is -0.444 e. The molecule has 0 radical (unpaired) electrons. The Morgan fingerprint density at radius 1 is 1.35 bits per heavy atom. The number of hydrogen-bond acceptors (Lipinski definition) is 8. The van der Waals surface area contributed by atoms with Gasteiger partial charge in [0.25, 0.3) is 10.1 Å². The number of amides is 1. The van der Waals surface area contributed by atoms with E-state index in [0.717, 1.165) is 0 Å². The molecule has 1 amide bonds. The van der Waals surface area contributed by atoms with Crippen molar-refractivity contribution in [1.82, 2.24) is 25.2 Å². The van der Waals surface area contributed by atoms with Crippen LogP contribution in [0.5, 0.6) is 0 Å². The molecule has 0 atom stereocenters. The maximum absolute atomic E-state index is 11.6. The molecule has 14 heteroatoms. The Labute approximate surface area is 182 Å². The van der Waals surface area contributed by atoms with Gasteiger partial charge in [-0.2, -0.15) is 8.42 Å². The number of nitrogens with zero attached hydrogens (tertiary/aromatic N) is 7. The van der Waals surface area contributed by atoms with Gasteiger partial charge in [-0.25, -0.2) is 4.79 Å². The normalized spacial score (nSPS) is 11.9. The SMILES string of the molecule is CC(C)(C)OC(=O)NCCCn1cc(CN(CCCN=[N+]=[N-])CCCS(=O)(=O)O)nn1. The highest BCUT2D eigenvalue weighted by atomic mass is 32.2. The summed E-state index contributed by atoms with van der Waals surface area (Å²) in [5.74, 6) is -0.322. The second-order valence-electron chi connectivity index (χ2n) is 7.98. The van der Waals surface area contributed by atoms with Crippen molar-refractivity contribution in [2.45, 2.75) is 58.7 Å². The summed E-state index contributed by atoms with van der Waals surface area (Å²) >= 11 is 0. The van der Waals surface area contributed by atoms with Gasteiger partial charge in [0.2, 0.25) is 0 Å². The van der Waals surface area contributed by atoms with Crippen LogP contribution in [0.4, 0.5) is 4.79 Å². The first-order valence-electron chi connectivity index (χ1n) is 10.0. The molecule has 0 saturated heterocycles. The van der Waals surface area contributed by atoms with Crippen molar-refractivity contribution >= 4 is 16.2 Å². The lowest BCUT2D eigenvalue weighted by atomic mass is 10.2. The second kappa shape index (κ2) is 13.1. The highest BCUT2D eigenvalue weighted by molar-refractivity contribution is 7.85. The minimum absolute atomic E-state index is 0.269. The number of aromatic nitrogens is 3.